The molecule has 1 heterocycles. The summed E-state index contributed by atoms with van der Waals surface area (Å²) in [5, 5.41) is 4.58. The summed E-state index contributed by atoms with van der Waals surface area (Å²) in [7, 11) is 1.41. The lowest BCUT2D eigenvalue weighted by Gasteiger charge is -2.02. The van der Waals surface area contributed by atoms with E-state index in [0.717, 1.165) is 11.1 Å². The van der Waals surface area contributed by atoms with Crippen LogP contribution in [0.1, 0.15) is 15.9 Å². The first-order chi connectivity index (χ1) is 11.3. The average Bonchev–Trinajstić information content (AvgIpc) is 3.01. The lowest BCUT2D eigenvalue weighted by atomic mass is 10.1. The van der Waals surface area contributed by atoms with Crippen LogP contribution in [-0.4, -0.2) is 22.8 Å². The molecule has 0 saturated carbocycles. The van der Waals surface area contributed by atoms with Crippen LogP contribution in [0.3, 0.4) is 0 Å². The molecular weight excluding hydrogens is 290 g/mol. The van der Waals surface area contributed by atoms with Gasteiger partial charge in [-0.3, -0.25) is 14.3 Å². The molecule has 0 atom stereocenters. The zero-order chi connectivity index (χ0) is 16.1. The van der Waals surface area contributed by atoms with Crippen molar-refractivity contribution >= 4 is 5.91 Å². The minimum atomic E-state index is -0.314. The van der Waals surface area contributed by atoms with E-state index in [1.807, 2.05) is 60.7 Å². The number of carbonyl (C=O) groups excluding carboxylic acids is 1. The highest BCUT2D eigenvalue weighted by Crippen LogP contribution is 2.22. The van der Waals surface area contributed by atoms with Crippen molar-refractivity contribution in [3.63, 3.8) is 0 Å². The number of hydrogen-bond acceptors (Lipinski definition) is 3. The number of amides is 1. The molecule has 0 fully saturated rings. The number of nitrogens with one attached hydrogen (secondary N) is 1. The third-order valence-electron chi connectivity index (χ3n) is 3.44. The summed E-state index contributed by atoms with van der Waals surface area (Å²) >= 11 is 0. The molecule has 0 spiro atoms. The van der Waals surface area contributed by atoms with Crippen LogP contribution in [0.25, 0.3) is 11.3 Å². The molecule has 0 unspecified atom stereocenters. The van der Waals surface area contributed by atoms with Gasteiger partial charge in [0.25, 0.3) is 5.91 Å². The minimum Gasteiger partial charge on any atom is -0.277 e. The van der Waals surface area contributed by atoms with Crippen molar-refractivity contribution < 1.29 is 9.63 Å². The van der Waals surface area contributed by atoms with Crippen molar-refractivity contribution in [2.45, 2.75) is 6.54 Å². The van der Waals surface area contributed by atoms with Crippen LogP contribution in [0.5, 0.6) is 0 Å². The van der Waals surface area contributed by atoms with E-state index < -0.39 is 0 Å². The van der Waals surface area contributed by atoms with E-state index in [0.29, 0.717) is 17.8 Å². The number of hydroxylamine groups is 1. The number of rotatable bonds is 5. The molecule has 3 rings (SSSR count). The van der Waals surface area contributed by atoms with Gasteiger partial charge in [-0.2, -0.15) is 5.10 Å². The third kappa shape index (κ3) is 3.46. The fraction of sp³-hybridized carbons (Fsp3) is 0.111. The second kappa shape index (κ2) is 6.89. The summed E-state index contributed by atoms with van der Waals surface area (Å²) in [6.07, 6.45) is 1.74. The molecule has 0 radical (unpaired) electrons. The van der Waals surface area contributed by atoms with Gasteiger partial charge >= 0.3 is 0 Å². The van der Waals surface area contributed by atoms with Crippen LogP contribution in [0, 0.1) is 0 Å². The van der Waals surface area contributed by atoms with Gasteiger partial charge in [0.15, 0.2) is 0 Å². The van der Waals surface area contributed by atoms with E-state index in [2.05, 4.69) is 10.6 Å². The van der Waals surface area contributed by atoms with Crippen molar-refractivity contribution in [3.8, 4) is 11.3 Å². The molecule has 1 aromatic heterocycles. The van der Waals surface area contributed by atoms with Gasteiger partial charge < -0.3 is 0 Å². The standard InChI is InChI=1S/C18H17N3O2/c1-23-20-18(22)16-13-21(12-14-8-4-2-5-9-14)19-17(16)15-10-6-3-7-11-15/h2-11,13H,12H2,1H3,(H,20,22). The lowest BCUT2D eigenvalue weighted by molar-refractivity contribution is 0.0538. The Kier molecular flexibility index (Phi) is 4.49. The molecule has 0 aliphatic heterocycles. The third-order valence-corrected chi connectivity index (χ3v) is 3.44. The number of carbonyl (C=O) groups is 1. The maximum atomic E-state index is 12.2. The van der Waals surface area contributed by atoms with E-state index in [4.69, 9.17) is 4.84 Å². The van der Waals surface area contributed by atoms with E-state index in [9.17, 15) is 4.79 Å². The Bertz CT molecular complexity index is 783. The average molecular weight is 307 g/mol. The summed E-state index contributed by atoms with van der Waals surface area (Å²) in [5.41, 5.74) is 5.48. The van der Waals surface area contributed by atoms with Crippen LogP contribution in [-0.2, 0) is 11.4 Å². The van der Waals surface area contributed by atoms with Gasteiger partial charge in [0.1, 0.15) is 5.69 Å². The summed E-state index contributed by atoms with van der Waals surface area (Å²) < 4.78 is 1.77. The highest BCUT2D eigenvalue weighted by molar-refractivity contribution is 5.99. The first-order valence-corrected chi connectivity index (χ1v) is 7.28. The predicted molar refractivity (Wildman–Crippen MR) is 87.7 cm³/mol. The van der Waals surface area contributed by atoms with Gasteiger partial charge in [-0.25, -0.2) is 5.48 Å². The van der Waals surface area contributed by atoms with E-state index >= 15 is 0 Å². The normalized spacial score (nSPS) is 10.5. The smallest absolute Gasteiger partial charge is 0.277 e. The monoisotopic (exact) mass is 307 g/mol. The minimum absolute atomic E-state index is 0.314. The zero-order valence-corrected chi connectivity index (χ0v) is 12.8. The number of benzene rings is 2. The van der Waals surface area contributed by atoms with Crippen molar-refractivity contribution in [1.82, 2.24) is 15.3 Å². The Balaban J connectivity index is 1.98. The van der Waals surface area contributed by atoms with Gasteiger partial charge in [-0.15, -0.1) is 0 Å². The molecule has 3 aromatic rings. The second-order valence-electron chi connectivity index (χ2n) is 5.08. The van der Waals surface area contributed by atoms with Crippen molar-refractivity contribution in [2.24, 2.45) is 0 Å². The first-order valence-electron chi connectivity index (χ1n) is 7.28. The van der Waals surface area contributed by atoms with Crippen molar-refractivity contribution in [3.05, 3.63) is 78.0 Å². The molecular formula is C18H17N3O2. The molecule has 0 bridgehead atoms. The molecule has 0 saturated heterocycles. The molecule has 1 N–H and O–H groups in total. The van der Waals surface area contributed by atoms with Crippen LogP contribution in [0.4, 0.5) is 0 Å². The molecule has 5 nitrogen and oxygen atoms in total. The first kappa shape index (κ1) is 15.0. The summed E-state index contributed by atoms with van der Waals surface area (Å²) in [6.45, 7) is 0.598. The summed E-state index contributed by atoms with van der Waals surface area (Å²) in [5.74, 6) is -0.314. The van der Waals surface area contributed by atoms with E-state index in [-0.39, 0.29) is 5.91 Å². The van der Waals surface area contributed by atoms with Crippen molar-refractivity contribution in [1.29, 1.82) is 0 Å². The van der Waals surface area contributed by atoms with Gasteiger partial charge in [-0.1, -0.05) is 60.7 Å². The molecule has 1 amide bonds. The quantitative estimate of drug-likeness (QED) is 0.737. The fourth-order valence-corrected chi connectivity index (χ4v) is 2.40. The molecule has 0 aliphatic carbocycles. The largest absolute Gasteiger partial charge is 0.278 e. The van der Waals surface area contributed by atoms with E-state index in [1.165, 1.54) is 7.11 Å². The van der Waals surface area contributed by atoms with Gasteiger partial charge in [0.05, 0.1) is 19.2 Å². The van der Waals surface area contributed by atoms with Crippen molar-refractivity contribution in [2.75, 3.05) is 7.11 Å². The molecule has 2 aromatic carbocycles. The Hall–Kier alpha value is -2.92. The van der Waals surface area contributed by atoms with Crippen LogP contribution in [0.2, 0.25) is 0 Å². The highest BCUT2D eigenvalue weighted by atomic mass is 16.6. The summed E-state index contributed by atoms with van der Waals surface area (Å²) in [6, 6.07) is 19.6. The topological polar surface area (TPSA) is 56.1 Å². The Morgan fingerprint density at radius 2 is 1.74 bits per heavy atom. The number of hydrogen-bond donors (Lipinski definition) is 1. The molecule has 0 aliphatic rings. The Morgan fingerprint density at radius 3 is 2.39 bits per heavy atom. The van der Waals surface area contributed by atoms with Crippen LogP contribution < -0.4 is 5.48 Å². The van der Waals surface area contributed by atoms with Gasteiger partial charge in [0.2, 0.25) is 0 Å². The number of nitrogens with zero attached hydrogens (tertiary/aromatic N) is 2. The highest BCUT2D eigenvalue weighted by Gasteiger charge is 2.17. The summed E-state index contributed by atoms with van der Waals surface area (Å²) in [4.78, 5) is 17.0. The Labute approximate surface area is 134 Å². The lowest BCUT2D eigenvalue weighted by Crippen LogP contribution is -2.21. The fourth-order valence-electron chi connectivity index (χ4n) is 2.40. The molecule has 116 valence electrons. The number of aromatic nitrogens is 2. The predicted octanol–water partition coefficient (Wildman–Crippen LogP) is 2.89. The van der Waals surface area contributed by atoms with Crippen LogP contribution >= 0.6 is 0 Å². The van der Waals surface area contributed by atoms with E-state index in [1.54, 1.807) is 10.9 Å². The maximum Gasteiger partial charge on any atom is 0.278 e. The molecule has 23 heavy (non-hydrogen) atoms. The Morgan fingerprint density at radius 1 is 1.09 bits per heavy atom. The molecule has 5 heteroatoms. The SMILES string of the molecule is CONC(=O)c1cn(Cc2ccccc2)nc1-c1ccccc1. The maximum absolute atomic E-state index is 12.2. The zero-order valence-electron chi connectivity index (χ0n) is 12.8. The second-order valence-corrected chi connectivity index (χ2v) is 5.08. The van der Waals surface area contributed by atoms with Gasteiger partial charge in [0, 0.05) is 11.8 Å². The van der Waals surface area contributed by atoms with Crippen LogP contribution in [0.15, 0.2) is 66.9 Å². The van der Waals surface area contributed by atoms with Gasteiger partial charge in [-0.05, 0) is 5.56 Å².